The molecule has 2 heterocycles. The smallest absolute Gasteiger partial charge is 0.250 e. The highest BCUT2D eigenvalue weighted by Gasteiger charge is 1.96. The molecule has 0 bridgehead atoms. The lowest BCUT2D eigenvalue weighted by Gasteiger charge is -2.01. The molecule has 2 aromatic heterocycles. The summed E-state index contributed by atoms with van der Waals surface area (Å²) < 4.78 is 3.30. The van der Waals surface area contributed by atoms with Crippen LogP contribution >= 0.6 is 0 Å². The Bertz CT molecular complexity index is 1030. The third kappa shape index (κ3) is 2.99. The third-order valence-corrected chi connectivity index (χ3v) is 4.07. The average molecular weight is 318 g/mol. The summed E-state index contributed by atoms with van der Waals surface area (Å²) in [5, 5.41) is 2.19. The number of para-hydroxylation sites is 2. The number of aromatic nitrogens is 2. The Morgan fingerprint density at radius 1 is 0.542 bits per heavy atom. The molecule has 0 N–H and O–H groups in total. The minimum Gasteiger partial charge on any atom is -0.311 e. The molecule has 0 radical (unpaired) electrons. The second kappa shape index (κ2) is 6.54. The minimum absolute atomic E-state index is 0.0358. The fourth-order valence-electron chi connectivity index (χ4n) is 2.65. The van der Waals surface area contributed by atoms with Crippen molar-refractivity contribution < 1.29 is 0 Å². The molecule has 4 nitrogen and oxygen atoms in total. The number of aryl methyl sites for hydroxylation is 2. The van der Waals surface area contributed by atoms with Crippen molar-refractivity contribution in [3.63, 3.8) is 0 Å². The lowest BCUT2D eigenvalue weighted by atomic mass is 10.2. The predicted molar refractivity (Wildman–Crippen MR) is 98.4 cm³/mol. The van der Waals surface area contributed by atoms with E-state index in [-0.39, 0.29) is 11.1 Å². The Labute approximate surface area is 139 Å². The average Bonchev–Trinajstić information content (AvgIpc) is 2.62. The summed E-state index contributed by atoms with van der Waals surface area (Å²) in [4.78, 5) is 22.4. The second-order valence-corrected chi connectivity index (χ2v) is 5.58. The first-order valence-electron chi connectivity index (χ1n) is 7.67. The molecule has 0 saturated heterocycles. The molecule has 0 amide bonds. The second-order valence-electron chi connectivity index (χ2n) is 5.58. The standard InChI is InChI=1S/2C10H9NO/c2*1-11-9-5-3-2-4-8(9)6-7-10(11)12/h2*2-7H,1H3. The maximum Gasteiger partial charge on any atom is 0.250 e. The van der Waals surface area contributed by atoms with Gasteiger partial charge in [-0.1, -0.05) is 36.4 Å². The van der Waals surface area contributed by atoms with Crippen LogP contribution in [-0.4, -0.2) is 9.13 Å². The van der Waals surface area contributed by atoms with Crippen LogP contribution in [0.2, 0.25) is 0 Å². The van der Waals surface area contributed by atoms with E-state index in [0.717, 1.165) is 21.8 Å². The van der Waals surface area contributed by atoms with Gasteiger partial charge in [-0.2, -0.15) is 0 Å². The van der Waals surface area contributed by atoms with E-state index < -0.39 is 0 Å². The molecule has 4 aromatic rings. The van der Waals surface area contributed by atoms with Crippen LogP contribution in [0.1, 0.15) is 0 Å². The van der Waals surface area contributed by atoms with E-state index in [1.165, 1.54) is 0 Å². The number of benzene rings is 2. The highest BCUT2D eigenvalue weighted by Crippen LogP contribution is 2.09. The van der Waals surface area contributed by atoms with Crippen LogP contribution in [0.25, 0.3) is 21.8 Å². The van der Waals surface area contributed by atoms with Gasteiger partial charge in [-0.3, -0.25) is 9.59 Å². The maximum absolute atomic E-state index is 11.2. The molecule has 2 aromatic carbocycles. The predicted octanol–water partition coefficient (Wildman–Crippen LogP) is 3.08. The van der Waals surface area contributed by atoms with E-state index in [4.69, 9.17) is 0 Å². The summed E-state index contributed by atoms with van der Waals surface area (Å²) in [5.74, 6) is 0. The van der Waals surface area contributed by atoms with Crippen molar-refractivity contribution in [3.8, 4) is 0 Å². The monoisotopic (exact) mass is 318 g/mol. The normalized spacial score (nSPS) is 10.4. The van der Waals surface area contributed by atoms with Gasteiger partial charge in [0.15, 0.2) is 0 Å². The van der Waals surface area contributed by atoms with E-state index in [1.54, 1.807) is 35.4 Å². The summed E-state index contributed by atoms with van der Waals surface area (Å²) in [6, 6.07) is 22.5. The Balaban J connectivity index is 0.000000141. The highest BCUT2D eigenvalue weighted by molar-refractivity contribution is 5.79. The van der Waals surface area contributed by atoms with Gasteiger partial charge >= 0.3 is 0 Å². The summed E-state index contributed by atoms with van der Waals surface area (Å²) in [7, 11) is 3.56. The number of hydrogen-bond donors (Lipinski definition) is 0. The molecule has 0 aliphatic rings. The van der Waals surface area contributed by atoms with Crippen molar-refractivity contribution in [1.29, 1.82) is 0 Å². The molecular formula is C20H18N2O2. The quantitative estimate of drug-likeness (QED) is 0.500. The molecule has 0 spiro atoms. The highest BCUT2D eigenvalue weighted by atomic mass is 16.1. The lowest BCUT2D eigenvalue weighted by Crippen LogP contribution is -2.14. The van der Waals surface area contributed by atoms with Crippen molar-refractivity contribution in [2.24, 2.45) is 14.1 Å². The molecule has 0 saturated carbocycles. The fourth-order valence-corrected chi connectivity index (χ4v) is 2.65. The molecule has 24 heavy (non-hydrogen) atoms. The first kappa shape index (κ1) is 15.7. The number of fused-ring (bicyclic) bond motifs is 2. The van der Waals surface area contributed by atoms with Gasteiger partial charge < -0.3 is 9.13 Å². The van der Waals surface area contributed by atoms with Crippen LogP contribution in [0.15, 0.2) is 82.4 Å². The van der Waals surface area contributed by atoms with Gasteiger partial charge in [0.05, 0.1) is 11.0 Å². The van der Waals surface area contributed by atoms with Crippen molar-refractivity contribution in [3.05, 3.63) is 93.5 Å². The Kier molecular flexibility index (Phi) is 4.29. The van der Waals surface area contributed by atoms with E-state index in [9.17, 15) is 9.59 Å². The maximum atomic E-state index is 11.2. The molecule has 0 aliphatic carbocycles. The number of nitrogens with zero attached hydrogens (tertiary/aromatic N) is 2. The van der Waals surface area contributed by atoms with Crippen LogP contribution in [-0.2, 0) is 14.1 Å². The largest absolute Gasteiger partial charge is 0.311 e. The van der Waals surface area contributed by atoms with Gasteiger partial charge in [0.2, 0.25) is 0 Å². The first-order valence-corrected chi connectivity index (χ1v) is 7.67. The Hall–Kier alpha value is -3.14. The van der Waals surface area contributed by atoms with E-state index in [0.29, 0.717) is 0 Å². The lowest BCUT2D eigenvalue weighted by molar-refractivity contribution is 0.906. The molecule has 4 rings (SSSR count). The van der Waals surface area contributed by atoms with Crippen LogP contribution in [0.5, 0.6) is 0 Å². The first-order chi connectivity index (χ1) is 11.6. The van der Waals surface area contributed by atoms with E-state index >= 15 is 0 Å². The zero-order chi connectivity index (χ0) is 17.1. The molecular weight excluding hydrogens is 300 g/mol. The molecule has 0 aliphatic heterocycles. The molecule has 120 valence electrons. The van der Waals surface area contributed by atoms with Gasteiger partial charge in [-0.15, -0.1) is 0 Å². The Morgan fingerprint density at radius 3 is 1.33 bits per heavy atom. The van der Waals surface area contributed by atoms with Crippen LogP contribution < -0.4 is 11.1 Å². The van der Waals surface area contributed by atoms with Crippen molar-refractivity contribution >= 4 is 21.8 Å². The zero-order valence-corrected chi connectivity index (χ0v) is 13.6. The van der Waals surface area contributed by atoms with Crippen molar-refractivity contribution in [2.75, 3.05) is 0 Å². The van der Waals surface area contributed by atoms with Crippen LogP contribution in [0.3, 0.4) is 0 Å². The van der Waals surface area contributed by atoms with Crippen LogP contribution in [0, 0.1) is 0 Å². The minimum atomic E-state index is 0.0358. The fraction of sp³-hybridized carbons (Fsp3) is 0.100. The number of hydrogen-bond acceptors (Lipinski definition) is 2. The van der Waals surface area contributed by atoms with Crippen molar-refractivity contribution in [2.45, 2.75) is 0 Å². The van der Waals surface area contributed by atoms with Gasteiger partial charge in [0, 0.05) is 26.2 Å². The molecule has 0 atom stereocenters. The molecule has 0 fully saturated rings. The molecule has 0 unspecified atom stereocenters. The number of rotatable bonds is 0. The van der Waals surface area contributed by atoms with E-state index in [2.05, 4.69) is 0 Å². The van der Waals surface area contributed by atoms with E-state index in [1.807, 2.05) is 60.7 Å². The number of pyridine rings is 2. The summed E-state index contributed by atoms with van der Waals surface area (Å²) in [6.07, 6.45) is 0. The van der Waals surface area contributed by atoms with Crippen molar-refractivity contribution in [1.82, 2.24) is 9.13 Å². The summed E-state index contributed by atoms with van der Waals surface area (Å²) in [6.45, 7) is 0. The van der Waals surface area contributed by atoms with Gasteiger partial charge in [-0.25, -0.2) is 0 Å². The topological polar surface area (TPSA) is 44.0 Å². The van der Waals surface area contributed by atoms with Crippen LogP contribution in [0.4, 0.5) is 0 Å². The molecule has 4 heteroatoms. The van der Waals surface area contributed by atoms with Gasteiger partial charge in [-0.05, 0) is 35.0 Å². The summed E-state index contributed by atoms with van der Waals surface area (Å²) >= 11 is 0. The Morgan fingerprint density at radius 2 is 0.917 bits per heavy atom. The van der Waals surface area contributed by atoms with Gasteiger partial charge in [0.1, 0.15) is 0 Å². The zero-order valence-electron chi connectivity index (χ0n) is 13.6. The third-order valence-electron chi connectivity index (χ3n) is 4.07. The summed E-state index contributed by atoms with van der Waals surface area (Å²) in [5.41, 5.74) is 2.03. The SMILES string of the molecule is Cn1c(=O)ccc2ccccc21.Cn1c(=O)ccc2ccccc21. The van der Waals surface area contributed by atoms with Gasteiger partial charge in [0.25, 0.3) is 11.1 Å².